The summed E-state index contributed by atoms with van der Waals surface area (Å²) >= 11 is 6.02. The van der Waals surface area contributed by atoms with Gasteiger partial charge < -0.3 is 4.90 Å². The Morgan fingerprint density at radius 2 is 2.00 bits per heavy atom. The van der Waals surface area contributed by atoms with E-state index in [2.05, 4.69) is 15.0 Å². The van der Waals surface area contributed by atoms with Crippen molar-refractivity contribution in [2.45, 2.75) is 19.3 Å². The smallest absolute Gasteiger partial charge is 0.159 e. The molecule has 0 aliphatic carbocycles. The molecule has 1 aliphatic heterocycles. The molecule has 0 N–H and O–H groups in total. The van der Waals surface area contributed by atoms with Crippen molar-refractivity contribution in [3.63, 3.8) is 0 Å². The molecule has 0 unspecified atom stereocenters. The van der Waals surface area contributed by atoms with Gasteiger partial charge in [0.25, 0.3) is 0 Å². The van der Waals surface area contributed by atoms with Crippen LogP contribution in [-0.4, -0.2) is 27.7 Å². The Kier molecular flexibility index (Phi) is 2.44. The van der Waals surface area contributed by atoms with Crippen LogP contribution in [0.3, 0.4) is 0 Å². The van der Waals surface area contributed by atoms with Gasteiger partial charge in [-0.25, -0.2) is 4.98 Å². The van der Waals surface area contributed by atoms with Crippen molar-refractivity contribution in [2.24, 2.45) is 0 Å². The highest BCUT2D eigenvalue weighted by atomic mass is 35.5. The average molecular weight is 237 g/mol. The van der Waals surface area contributed by atoms with Gasteiger partial charge in [-0.3, -0.25) is 0 Å². The van der Waals surface area contributed by atoms with Crippen molar-refractivity contribution in [1.82, 2.24) is 14.6 Å². The number of hydrogen-bond acceptors (Lipinski definition) is 3. The minimum Gasteiger partial charge on any atom is -0.356 e. The molecule has 1 fully saturated rings. The van der Waals surface area contributed by atoms with E-state index in [1.165, 1.54) is 19.3 Å². The van der Waals surface area contributed by atoms with Crippen LogP contribution in [0.2, 0.25) is 5.15 Å². The predicted molar refractivity (Wildman–Crippen MR) is 64.1 cm³/mol. The minimum absolute atomic E-state index is 0.536. The molecule has 0 spiro atoms. The summed E-state index contributed by atoms with van der Waals surface area (Å²) in [4.78, 5) is 6.56. The fourth-order valence-corrected chi connectivity index (χ4v) is 2.40. The van der Waals surface area contributed by atoms with Gasteiger partial charge in [0.05, 0.1) is 6.20 Å². The van der Waals surface area contributed by atoms with Gasteiger partial charge in [-0.2, -0.15) is 9.61 Å². The highest BCUT2D eigenvalue weighted by Crippen LogP contribution is 2.22. The van der Waals surface area contributed by atoms with Gasteiger partial charge in [0.1, 0.15) is 11.0 Å². The standard InChI is InChI=1S/C11H13ClN4/c12-9-8-11(15-6-2-1-3-7-15)16-10(14-9)4-5-13-16/h4-5,8H,1-3,6-7H2. The second-order valence-electron chi connectivity index (χ2n) is 4.09. The number of piperidine rings is 1. The summed E-state index contributed by atoms with van der Waals surface area (Å²) in [5.41, 5.74) is 0.813. The van der Waals surface area contributed by atoms with E-state index in [9.17, 15) is 0 Å². The lowest BCUT2D eigenvalue weighted by Gasteiger charge is -2.28. The number of rotatable bonds is 1. The van der Waals surface area contributed by atoms with Gasteiger partial charge in [0.15, 0.2) is 5.65 Å². The summed E-state index contributed by atoms with van der Waals surface area (Å²) in [7, 11) is 0. The highest BCUT2D eigenvalue weighted by Gasteiger charge is 2.15. The Morgan fingerprint density at radius 3 is 2.81 bits per heavy atom. The van der Waals surface area contributed by atoms with Gasteiger partial charge in [-0.05, 0) is 19.3 Å². The molecule has 0 bridgehead atoms. The Labute approximate surface area is 98.8 Å². The quantitative estimate of drug-likeness (QED) is 0.713. The molecule has 0 radical (unpaired) electrons. The van der Waals surface area contributed by atoms with Crippen LogP contribution in [0.5, 0.6) is 0 Å². The normalized spacial score (nSPS) is 16.9. The van der Waals surface area contributed by atoms with Crippen LogP contribution in [0.15, 0.2) is 18.3 Å². The SMILES string of the molecule is Clc1cc(N2CCCCC2)n2nccc2n1. The molecular weight excluding hydrogens is 224 g/mol. The summed E-state index contributed by atoms with van der Waals surface area (Å²) in [6.07, 6.45) is 5.55. The third-order valence-electron chi connectivity index (χ3n) is 2.99. The van der Waals surface area contributed by atoms with E-state index < -0.39 is 0 Å². The first kappa shape index (κ1) is 9.90. The monoisotopic (exact) mass is 236 g/mol. The lowest BCUT2D eigenvalue weighted by molar-refractivity contribution is 0.568. The first-order chi connectivity index (χ1) is 7.84. The van der Waals surface area contributed by atoms with E-state index in [1.807, 2.05) is 16.6 Å². The van der Waals surface area contributed by atoms with Gasteiger partial charge in [0.2, 0.25) is 0 Å². The van der Waals surface area contributed by atoms with Crippen LogP contribution in [0.25, 0.3) is 5.65 Å². The summed E-state index contributed by atoms with van der Waals surface area (Å²) in [6, 6.07) is 3.77. The Morgan fingerprint density at radius 1 is 1.19 bits per heavy atom. The number of aromatic nitrogens is 3. The van der Waals surface area contributed by atoms with E-state index >= 15 is 0 Å². The van der Waals surface area contributed by atoms with Crippen molar-refractivity contribution in [1.29, 1.82) is 0 Å². The molecule has 3 heterocycles. The zero-order valence-corrected chi connectivity index (χ0v) is 9.69. The average Bonchev–Trinajstić information content (AvgIpc) is 2.77. The molecule has 3 rings (SSSR count). The fraction of sp³-hybridized carbons (Fsp3) is 0.455. The van der Waals surface area contributed by atoms with E-state index in [0.29, 0.717) is 5.15 Å². The van der Waals surface area contributed by atoms with Gasteiger partial charge >= 0.3 is 0 Å². The number of anilines is 1. The molecule has 2 aromatic heterocycles. The number of halogens is 1. The Bertz CT molecular complexity index is 502. The maximum atomic E-state index is 6.02. The van der Waals surface area contributed by atoms with Crippen molar-refractivity contribution < 1.29 is 0 Å². The second kappa shape index (κ2) is 3.94. The van der Waals surface area contributed by atoms with Crippen LogP contribution in [0.1, 0.15) is 19.3 Å². The molecule has 0 amide bonds. The fourth-order valence-electron chi connectivity index (χ4n) is 2.22. The summed E-state index contributed by atoms with van der Waals surface area (Å²) < 4.78 is 1.86. The summed E-state index contributed by atoms with van der Waals surface area (Å²) in [5.74, 6) is 1.06. The third-order valence-corrected chi connectivity index (χ3v) is 3.18. The molecule has 16 heavy (non-hydrogen) atoms. The molecule has 84 valence electrons. The number of fused-ring (bicyclic) bond motifs is 1. The Hall–Kier alpha value is -1.29. The van der Waals surface area contributed by atoms with Crippen LogP contribution in [-0.2, 0) is 0 Å². The van der Waals surface area contributed by atoms with Gasteiger partial charge in [0, 0.05) is 25.2 Å². The molecule has 5 heteroatoms. The molecule has 0 atom stereocenters. The van der Waals surface area contributed by atoms with Crippen molar-refractivity contribution in [3.05, 3.63) is 23.5 Å². The van der Waals surface area contributed by atoms with E-state index in [4.69, 9.17) is 11.6 Å². The van der Waals surface area contributed by atoms with Crippen LogP contribution >= 0.6 is 11.6 Å². The molecule has 4 nitrogen and oxygen atoms in total. The lowest BCUT2D eigenvalue weighted by atomic mass is 10.1. The topological polar surface area (TPSA) is 33.4 Å². The molecule has 0 saturated carbocycles. The van der Waals surface area contributed by atoms with Crippen molar-refractivity contribution >= 4 is 23.1 Å². The number of nitrogens with zero attached hydrogens (tertiary/aromatic N) is 4. The van der Waals surface area contributed by atoms with Crippen LogP contribution in [0.4, 0.5) is 5.82 Å². The second-order valence-corrected chi connectivity index (χ2v) is 4.47. The zero-order chi connectivity index (χ0) is 11.0. The molecule has 0 aromatic carbocycles. The minimum atomic E-state index is 0.536. The first-order valence-corrected chi connectivity index (χ1v) is 5.97. The zero-order valence-electron chi connectivity index (χ0n) is 8.93. The predicted octanol–water partition coefficient (Wildman–Crippen LogP) is 2.37. The largest absolute Gasteiger partial charge is 0.356 e. The highest BCUT2D eigenvalue weighted by molar-refractivity contribution is 6.29. The maximum absolute atomic E-state index is 6.02. The van der Waals surface area contributed by atoms with Crippen molar-refractivity contribution in [2.75, 3.05) is 18.0 Å². The molecular formula is C11H13ClN4. The van der Waals surface area contributed by atoms with Gasteiger partial charge in [-0.1, -0.05) is 11.6 Å². The molecule has 2 aromatic rings. The summed E-state index contributed by atoms with van der Waals surface area (Å²) in [5, 5.41) is 4.82. The van der Waals surface area contributed by atoms with E-state index in [-0.39, 0.29) is 0 Å². The van der Waals surface area contributed by atoms with Crippen LogP contribution in [0, 0.1) is 0 Å². The van der Waals surface area contributed by atoms with E-state index in [0.717, 1.165) is 24.6 Å². The maximum Gasteiger partial charge on any atom is 0.159 e. The number of hydrogen-bond donors (Lipinski definition) is 0. The van der Waals surface area contributed by atoms with Gasteiger partial charge in [-0.15, -0.1) is 0 Å². The third kappa shape index (κ3) is 1.63. The lowest BCUT2D eigenvalue weighted by Crippen LogP contribution is -2.31. The van der Waals surface area contributed by atoms with E-state index in [1.54, 1.807) is 6.20 Å². The first-order valence-electron chi connectivity index (χ1n) is 5.60. The van der Waals surface area contributed by atoms with Crippen molar-refractivity contribution in [3.8, 4) is 0 Å². The Balaban J connectivity index is 2.09. The van der Waals surface area contributed by atoms with Crippen LogP contribution < -0.4 is 4.90 Å². The molecule has 1 saturated heterocycles. The molecule has 1 aliphatic rings. The summed E-state index contributed by atoms with van der Waals surface area (Å²) in [6.45, 7) is 2.16.